The molecule has 0 heterocycles. The van der Waals surface area contributed by atoms with Crippen molar-refractivity contribution in [1.29, 1.82) is 0 Å². The third kappa shape index (κ3) is 15.3. The Morgan fingerprint density at radius 1 is 0.800 bits per heavy atom. The second-order valence-corrected chi connectivity index (χ2v) is 7.34. The molecule has 0 aliphatic heterocycles. The van der Waals surface area contributed by atoms with Gasteiger partial charge in [-0.2, -0.15) is 0 Å². The summed E-state index contributed by atoms with van der Waals surface area (Å²) in [7, 11) is 1.19. The van der Waals surface area contributed by atoms with E-state index in [2.05, 4.69) is 11.7 Å². The van der Waals surface area contributed by atoms with Gasteiger partial charge in [0, 0.05) is 6.61 Å². The van der Waals surface area contributed by atoms with Crippen molar-refractivity contribution in [3.63, 3.8) is 0 Å². The highest BCUT2D eigenvalue weighted by Crippen LogP contribution is 2.14. The van der Waals surface area contributed by atoms with Crippen LogP contribution in [0.2, 0.25) is 0 Å². The summed E-state index contributed by atoms with van der Waals surface area (Å²) in [5.74, 6) is -0.867. The molecule has 0 aromatic rings. The van der Waals surface area contributed by atoms with E-state index in [4.69, 9.17) is 4.74 Å². The van der Waals surface area contributed by atoms with Gasteiger partial charge in [0.1, 0.15) is 0 Å². The average molecular weight is 361 g/mol. The molecule has 0 saturated heterocycles. The Bertz CT molecular complexity index is 306. The van der Waals surface area contributed by atoms with E-state index in [0.717, 1.165) is 12.8 Å². The zero-order chi connectivity index (χ0) is 18.8. The van der Waals surface area contributed by atoms with E-state index in [1.807, 2.05) is 0 Å². The first-order valence-electron chi connectivity index (χ1n) is 10.4. The van der Waals surface area contributed by atoms with Crippen molar-refractivity contribution in [3.05, 3.63) is 0 Å². The Morgan fingerprint density at radius 3 is 1.60 bits per heavy atom. The van der Waals surface area contributed by atoms with Crippen LogP contribution in [0, 0.1) is 0 Å². The van der Waals surface area contributed by atoms with Gasteiger partial charge in [0.25, 0.3) is 0 Å². The van der Waals surface area contributed by atoms with Gasteiger partial charge in [-0.3, -0.25) is 0 Å². The fourth-order valence-corrected chi connectivity index (χ4v) is 2.93. The van der Waals surface area contributed by atoms with E-state index in [-0.39, 0.29) is 6.61 Å². The van der Waals surface area contributed by atoms with E-state index in [9.17, 15) is 9.18 Å². The lowest BCUT2D eigenvalue weighted by atomic mass is 10.0. The van der Waals surface area contributed by atoms with Crippen molar-refractivity contribution in [2.45, 2.75) is 109 Å². The molecule has 0 amide bonds. The lowest BCUT2D eigenvalue weighted by Crippen LogP contribution is -2.36. The summed E-state index contributed by atoms with van der Waals surface area (Å²) in [4.78, 5) is 11.1. The molecule has 4 heteroatoms. The summed E-state index contributed by atoms with van der Waals surface area (Å²) in [6.45, 7) is 3.74. The van der Waals surface area contributed by atoms with Crippen LogP contribution in [0.4, 0.5) is 4.39 Å². The number of esters is 1. The van der Waals surface area contributed by atoms with E-state index in [0.29, 0.717) is 6.61 Å². The molecule has 0 bridgehead atoms. The first-order valence-corrected chi connectivity index (χ1v) is 10.4. The summed E-state index contributed by atoms with van der Waals surface area (Å²) in [5, 5.41) is 0. The van der Waals surface area contributed by atoms with Crippen molar-refractivity contribution in [1.82, 2.24) is 0 Å². The Labute approximate surface area is 155 Å². The predicted molar refractivity (Wildman–Crippen MR) is 103 cm³/mol. The van der Waals surface area contributed by atoms with Gasteiger partial charge in [0.2, 0.25) is 5.67 Å². The van der Waals surface area contributed by atoms with E-state index < -0.39 is 11.6 Å². The van der Waals surface area contributed by atoms with Crippen molar-refractivity contribution < 1.29 is 18.7 Å². The van der Waals surface area contributed by atoms with Crippen LogP contribution in [0.25, 0.3) is 0 Å². The minimum absolute atomic E-state index is 0.224. The van der Waals surface area contributed by atoms with Crippen LogP contribution >= 0.6 is 0 Å². The van der Waals surface area contributed by atoms with Crippen LogP contribution in [-0.4, -0.2) is 32.0 Å². The van der Waals surface area contributed by atoms with E-state index in [1.54, 1.807) is 0 Å². The summed E-state index contributed by atoms with van der Waals surface area (Å²) in [5.41, 5.74) is -2.04. The van der Waals surface area contributed by atoms with Gasteiger partial charge in [0.15, 0.2) is 0 Å². The van der Waals surface area contributed by atoms with E-state index in [1.165, 1.54) is 91.1 Å². The molecule has 0 aliphatic rings. The Balaban J connectivity index is 3.20. The van der Waals surface area contributed by atoms with Gasteiger partial charge >= 0.3 is 5.97 Å². The highest BCUT2D eigenvalue weighted by atomic mass is 19.1. The Morgan fingerprint density at radius 2 is 1.20 bits per heavy atom. The highest BCUT2D eigenvalue weighted by Gasteiger charge is 2.34. The molecule has 0 radical (unpaired) electrons. The fraction of sp³-hybridized carbons (Fsp3) is 0.952. The monoisotopic (exact) mass is 360 g/mol. The van der Waals surface area contributed by atoms with Crippen LogP contribution in [0.3, 0.4) is 0 Å². The molecule has 0 aromatic heterocycles. The molecule has 3 nitrogen and oxygen atoms in total. The van der Waals surface area contributed by atoms with Crippen molar-refractivity contribution in [2.24, 2.45) is 0 Å². The minimum Gasteiger partial charge on any atom is -0.467 e. The number of ether oxygens (including phenoxy) is 2. The molecule has 150 valence electrons. The molecule has 0 spiro atoms. The van der Waals surface area contributed by atoms with Crippen molar-refractivity contribution >= 4 is 5.97 Å². The van der Waals surface area contributed by atoms with Gasteiger partial charge in [-0.1, -0.05) is 90.4 Å². The lowest BCUT2D eigenvalue weighted by Gasteiger charge is -2.17. The van der Waals surface area contributed by atoms with Gasteiger partial charge < -0.3 is 9.47 Å². The second-order valence-electron chi connectivity index (χ2n) is 7.34. The molecule has 0 rings (SSSR count). The van der Waals surface area contributed by atoms with Crippen molar-refractivity contribution in [2.75, 3.05) is 20.3 Å². The summed E-state index contributed by atoms with van der Waals surface area (Å²) >= 11 is 0. The molecule has 0 fully saturated rings. The van der Waals surface area contributed by atoms with Gasteiger partial charge in [-0.25, -0.2) is 9.18 Å². The number of unbranched alkanes of at least 4 members (excludes halogenated alkanes) is 13. The van der Waals surface area contributed by atoms with E-state index >= 15 is 0 Å². The normalized spacial score (nSPS) is 13.6. The second kappa shape index (κ2) is 16.8. The summed E-state index contributed by atoms with van der Waals surface area (Å²) in [6, 6.07) is 0. The summed E-state index contributed by atoms with van der Waals surface area (Å²) in [6.07, 6.45) is 18.3. The van der Waals surface area contributed by atoms with Crippen LogP contribution in [0.15, 0.2) is 0 Å². The quantitative estimate of drug-likeness (QED) is 0.210. The van der Waals surface area contributed by atoms with Crippen LogP contribution in [0.5, 0.6) is 0 Å². The number of halogens is 1. The van der Waals surface area contributed by atoms with Gasteiger partial charge in [-0.05, 0) is 13.3 Å². The molecular weight excluding hydrogens is 319 g/mol. The number of methoxy groups -OCH3 is 1. The number of hydrogen-bond donors (Lipinski definition) is 0. The largest absolute Gasteiger partial charge is 0.467 e. The molecule has 0 N–H and O–H groups in total. The molecule has 25 heavy (non-hydrogen) atoms. The standard InChI is InChI=1S/C21H41FO3/c1-4-5-6-7-8-9-10-11-12-13-14-15-16-17-18-25-19-21(2,22)20(23)24-3/h4-19H2,1-3H3. The number of rotatable bonds is 18. The zero-order valence-electron chi connectivity index (χ0n) is 16.9. The maximum absolute atomic E-state index is 13.8. The first kappa shape index (κ1) is 24.4. The highest BCUT2D eigenvalue weighted by molar-refractivity contribution is 5.78. The number of carbonyl (C=O) groups excluding carboxylic acids is 1. The Kier molecular flexibility index (Phi) is 16.4. The SMILES string of the molecule is CCCCCCCCCCCCCCCCOCC(C)(F)C(=O)OC. The van der Waals surface area contributed by atoms with Crippen molar-refractivity contribution in [3.8, 4) is 0 Å². The molecular formula is C21H41FO3. The third-order valence-electron chi connectivity index (χ3n) is 4.63. The molecule has 0 aliphatic carbocycles. The maximum atomic E-state index is 13.8. The maximum Gasteiger partial charge on any atom is 0.345 e. The minimum atomic E-state index is -2.04. The molecule has 0 saturated carbocycles. The Hall–Kier alpha value is -0.640. The summed E-state index contributed by atoms with van der Waals surface area (Å²) < 4.78 is 23.4. The number of hydrogen-bond acceptors (Lipinski definition) is 3. The van der Waals surface area contributed by atoms with Crippen LogP contribution in [0.1, 0.15) is 104 Å². The van der Waals surface area contributed by atoms with Crippen LogP contribution in [-0.2, 0) is 14.3 Å². The third-order valence-corrected chi connectivity index (χ3v) is 4.63. The molecule has 1 atom stereocenters. The smallest absolute Gasteiger partial charge is 0.345 e. The molecule has 0 aromatic carbocycles. The first-order chi connectivity index (χ1) is 12.0. The fourth-order valence-electron chi connectivity index (χ4n) is 2.93. The van der Waals surface area contributed by atoms with Gasteiger partial charge in [0.05, 0.1) is 13.7 Å². The molecule has 1 unspecified atom stereocenters. The lowest BCUT2D eigenvalue weighted by molar-refractivity contribution is -0.157. The predicted octanol–water partition coefficient (Wildman–Crippen LogP) is 6.39. The number of carbonyl (C=O) groups is 1. The zero-order valence-corrected chi connectivity index (χ0v) is 16.9. The number of alkyl halides is 1. The van der Waals surface area contributed by atoms with Gasteiger partial charge in [-0.15, -0.1) is 0 Å². The van der Waals surface area contributed by atoms with Crippen LogP contribution < -0.4 is 0 Å². The average Bonchev–Trinajstić information content (AvgIpc) is 2.60. The topological polar surface area (TPSA) is 35.5 Å².